The molecule has 2 aliphatic heterocycles. The number of amides is 3. The average molecular weight is 269 g/mol. The Morgan fingerprint density at radius 2 is 1.89 bits per heavy atom. The molecule has 0 aromatic rings. The van der Waals surface area contributed by atoms with E-state index in [2.05, 4.69) is 5.32 Å². The average Bonchev–Trinajstić information content (AvgIpc) is 2.85. The topological polar surface area (TPSA) is 79.0 Å². The lowest BCUT2D eigenvalue weighted by Gasteiger charge is -2.35. The lowest BCUT2D eigenvalue weighted by Crippen LogP contribution is -2.52. The zero-order chi connectivity index (χ0) is 13.8. The van der Waals surface area contributed by atoms with Gasteiger partial charge in [-0.2, -0.15) is 0 Å². The number of piperazine rings is 1. The van der Waals surface area contributed by atoms with Gasteiger partial charge in [0, 0.05) is 46.3 Å². The number of hydrogen-bond donors (Lipinski definition) is 1. The molecular formula is C12H19N3O4. The summed E-state index contributed by atoms with van der Waals surface area (Å²) in [5.74, 6) is -0.342. The van der Waals surface area contributed by atoms with Gasteiger partial charge in [0.1, 0.15) is 6.61 Å². The van der Waals surface area contributed by atoms with Crippen LogP contribution in [0.15, 0.2) is 0 Å². The fourth-order valence-electron chi connectivity index (χ4n) is 2.43. The maximum Gasteiger partial charge on any atom is 0.248 e. The monoisotopic (exact) mass is 269 g/mol. The Morgan fingerprint density at radius 3 is 2.42 bits per heavy atom. The highest BCUT2D eigenvalue weighted by Gasteiger charge is 2.33. The lowest BCUT2D eigenvalue weighted by molar-refractivity contribution is -0.143. The summed E-state index contributed by atoms with van der Waals surface area (Å²) in [6.45, 7) is 2.62. The number of methoxy groups -OCH3 is 1. The van der Waals surface area contributed by atoms with Gasteiger partial charge in [0.05, 0.1) is 5.92 Å². The van der Waals surface area contributed by atoms with Gasteiger partial charge in [-0.05, 0) is 0 Å². The standard InChI is InChI=1S/C12H19N3O4/c1-19-8-11(17)14-2-4-15(5-3-14)12(18)9-6-10(16)13-7-9/h9H,2-8H2,1H3,(H,13,16). The molecule has 2 aliphatic rings. The SMILES string of the molecule is COCC(=O)N1CCN(C(=O)C2CNC(=O)C2)CC1. The fraction of sp³-hybridized carbons (Fsp3) is 0.750. The van der Waals surface area contributed by atoms with Crippen LogP contribution < -0.4 is 5.32 Å². The van der Waals surface area contributed by atoms with Crippen molar-refractivity contribution >= 4 is 17.7 Å². The third kappa shape index (κ3) is 3.23. The minimum absolute atomic E-state index is 0.0113. The highest BCUT2D eigenvalue weighted by Crippen LogP contribution is 2.14. The van der Waals surface area contributed by atoms with Crippen LogP contribution in [0.4, 0.5) is 0 Å². The highest BCUT2D eigenvalue weighted by atomic mass is 16.5. The van der Waals surface area contributed by atoms with E-state index >= 15 is 0 Å². The van der Waals surface area contributed by atoms with Crippen molar-refractivity contribution in [2.45, 2.75) is 6.42 Å². The first-order valence-electron chi connectivity index (χ1n) is 6.44. The second-order valence-electron chi connectivity index (χ2n) is 4.84. The van der Waals surface area contributed by atoms with Gasteiger partial charge in [-0.1, -0.05) is 0 Å². The Morgan fingerprint density at radius 1 is 1.26 bits per heavy atom. The number of rotatable bonds is 3. The Hall–Kier alpha value is -1.63. The van der Waals surface area contributed by atoms with E-state index in [-0.39, 0.29) is 36.7 Å². The van der Waals surface area contributed by atoms with E-state index in [4.69, 9.17) is 4.74 Å². The van der Waals surface area contributed by atoms with Gasteiger partial charge in [0.15, 0.2) is 0 Å². The van der Waals surface area contributed by atoms with Crippen molar-refractivity contribution in [3.8, 4) is 0 Å². The zero-order valence-corrected chi connectivity index (χ0v) is 11.1. The molecule has 0 aliphatic carbocycles. The molecule has 0 aromatic carbocycles. The molecule has 0 saturated carbocycles. The van der Waals surface area contributed by atoms with E-state index in [9.17, 15) is 14.4 Å². The van der Waals surface area contributed by atoms with Crippen molar-refractivity contribution in [3.63, 3.8) is 0 Å². The number of carbonyl (C=O) groups excluding carboxylic acids is 3. The number of nitrogens with one attached hydrogen (secondary N) is 1. The zero-order valence-electron chi connectivity index (χ0n) is 11.1. The molecule has 19 heavy (non-hydrogen) atoms. The first kappa shape index (κ1) is 13.8. The van der Waals surface area contributed by atoms with Crippen molar-refractivity contribution in [2.24, 2.45) is 5.92 Å². The van der Waals surface area contributed by atoms with Gasteiger partial charge in [-0.25, -0.2) is 0 Å². The molecule has 0 spiro atoms. The molecule has 2 fully saturated rings. The van der Waals surface area contributed by atoms with Gasteiger partial charge in [0.25, 0.3) is 0 Å². The van der Waals surface area contributed by atoms with Crippen LogP contribution in [0.3, 0.4) is 0 Å². The largest absolute Gasteiger partial charge is 0.375 e. The molecule has 7 heteroatoms. The predicted molar refractivity (Wildman–Crippen MR) is 66.2 cm³/mol. The van der Waals surface area contributed by atoms with Crippen LogP contribution in [0.2, 0.25) is 0 Å². The van der Waals surface area contributed by atoms with Crippen LogP contribution in [0.5, 0.6) is 0 Å². The molecule has 3 amide bonds. The Kier molecular flexibility index (Phi) is 4.36. The van der Waals surface area contributed by atoms with Crippen LogP contribution in [0.1, 0.15) is 6.42 Å². The van der Waals surface area contributed by atoms with Crippen molar-refractivity contribution in [1.29, 1.82) is 0 Å². The minimum Gasteiger partial charge on any atom is -0.375 e. The first-order chi connectivity index (χ1) is 9.11. The third-order valence-corrected chi connectivity index (χ3v) is 3.54. The number of ether oxygens (including phenoxy) is 1. The molecule has 1 unspecified atom stereocenters. The predicted octanol–water partition coefficient (Wildman–Crippen LogP) is -1.56. The van der Waals surface area contributed by atoms with E-state index in [0.29, 0.717) is 32.7 Å². The summed E-state index contributed by atoms with van der Waals surface area (Å²) in [4.78, 5) is 38.3. The summed E-state index contributed by atoms with van der Waals surface area (Å²) in [6, 6.07) is 0. The summed E-state index contributed by atoms with van der Waals surface area (Å²) in [5.41, 5.74) is 0. The van der Waals surface area contributed by atoms with Gasteiger partial charge in [0.2, 0.25) is 17.7 Å². The summed E-state index contributed by atoms with van der Waals surface area (Å²) in [7, 11) is 1.49. The molecule has 0 aromatic heterocycles. The highest BCUT2D eigenvalue weighted by molar-refractivity contribution is 5.89. The maximum atomic E-state index is 12.2. The van der Waals surface area contributed by atoms with Crippen LogP contribution in [-0.2, 0) is 19.1 Å². The van der Waals surface area contributed by atoms with Crippen LogP contribution in [0.25, 0.3) is 0 Å². The van der Waals surface area contributed by atoms with Gasteiger partial charge < -0.3 is 19.9 Å². The molecule has 2 saturated heterocycles. The van der Waals surface area contributed by atoms with Crippen molar-refractivity contribution in [2.75, 3.05) is 46.4 Å². The summed E-state index contributed by atoms with van der Waals surface area (Å²) < 4.78 is 4.81. The quantitative estimate of drug-likeness (QED) is 0.672. The van der Waals surface area contributed by atoms with Crippen LogP contribution in [0, 0.1) is 5.92 Å². The lowest BCUT2D eigenvalue weighted by atomic mass is 10.1. The summed E-state index contributed by atoms with van der Waals surface area (Å²) in [5, 5.41) is 2.67. The molecule has 106 valence electrons. The van der Waals surface area contributed by atoms with E-state index in [1.54, 1.807) is 9.80 Å². The number of hydrogen-bond acceptors (Lipinski definition) is 4. The maximum absolute atomic E-state index is 12.2. The van der Waals surface area contributed by atoms with Crippen molar-refractivity contribution < 1.29 is 19.1 Å². The van der Waals surface area contributed by atoms with E-state index in [0.717, 1.165) is 0 Å². The molecule has 2 heterocycles. The second-order valence-corrected chi connectivity index (χ2v) is 4.84. The van der Waals surface area contributed by atoms with Crippen molar-refractivity contribution in [3.05, 3.63) is 0 Å². The Labute approximate surface area is 111 Å². The van der Waals surface area contributed by atoms with E-state index in [1.165, 1.54) is 7.11 Å². The fourth-order valence-corrected chi connectivity index (χ4v) is 2.43. The van der Waals surface area contributed by atoms with Gasteiger partial charge in [-0.15, -0.1) is 0 Å². The molecular weight excluding hydrogens is 250 g/mol. The normalized spacial score (nSPS) is 23.4. The van der Waals surface area contributed by atoms with Gasteiger partial charge in [-0.3, -0.25) is 14.4 Å². The van der Waals surface area contributed by atoms with Crippen molar-refractivity contribution in [1.82, 2.24) is 15.1 Å². The second kappa shape index (κ2) is 6.01. The Balaban J connectivity index is 1.81. The summed E-state index contributed by atoms with van der Waals surface area (Å²) in [6.07, 6.45) is 0.279. The van der Waals surface area contributed by atoms with E-state index < -0.39 is 0 Å². The molecule has 1 atom stereocenters. The van der Waals surface area contributed by atoms with Crippen LogP contribution in [-0.4, -0.2) is 74.0 Å². The minimum atomic E-state index is -0.242. The molecule has 0 radical (unpaired) electrons. The van der Waals surface area contributed by atoms with E-state index in [1.807, 2.05) is 0 Å². The van der Waals surface area contributed by atoms with Crippen LogP contribution >= 0.6 is 0 Å². The van der Waals surface area contributed by atoms with Gasteiger partial charge >= 0.3 is 0 Å². The first-order valence-corrected chi connectivity index (χ1v) is 6.44. The molecule has 1 N–H and O–H groups in total. The Bertz CT molecular complexity index is 377. The molecule has 2 rings (SSSR count). The molecule has 0 bridgehead atoms. The summed E-state index contributed by atoms with van der Waals surface area (Å²) >= 11 is 0. The number of carbonyl (C=O) groups is 3. The molecule has 7 nitrogen and oxygen atoms in total. The smallest absolute Gasteiger partial charge is 0.248 e. The number of nitrogens with zero attached hydrogens (tertiary/aromatic N) is 2. The third-order valence-electron chi connectivity index (χ3n) is 3.54.